The number of aromatic nitrogens is 2. The van der Waals surface area contributed by atoms with Crippen LogP contribution in [0.5, 0.6) is 0 Å². The molecule has 7 rings (SSSR count). The van der Waals surface area contributed by atoms with E-state index in [9.17, 15) is 4.79 Å². The number of H-pyrrole nitrogens is 1. The first-order valence-electron chi connectivity index (χ1n) is 12.2. The molecule has 0 spiro atoms. The molecule has 2 heterocycles. The summed E-state index contributed by atoms with van der Waals surface area (Å²) in [7, 11) is 0. The van der Waals surface area contributed by atoms with Gasteiger partial charge in [0, 0.05) is 31.9 Å². The van der Waals surface area contributed by atoms with Gasteiger partial charge in [0.1, 0.15) is 0 Å². The van der Waals surface area contributed by atoms with Gasteiger partial charge in [-0.25, -0.2) is 5.10 Å². The van der Waals surface area contributed by atoms with Gasteiger partial charge >= 0.3 is 0 Å². The third-order valence-electron chi connectivity index (χ3n) is 7.05. The summed E-state index contributed by atoms with van der Waals surface area (Å²) < 4.78 is 1.19. The minimum absolute atomic E-state index is 0.136. The van der Waals surface area contributed by atoms with Gasteiger partial charge in [0.15, 0.2) is 0 Å². The molecule has 0 atom stereocenters. The Labute approximate surface area is 222 Å². The summed E-state index contributed by atoms with van der Waals surface area (Å²) in [5.41, 5.74) is 7.53. The molecule has 5 aromatic rings. The Kier molecular flexibility index (Phi) is 6.43. The van der Waals surface area contributed by atoms with Crippen LogP contribution in [0.15, 0.2) is 99.2 Å². The van der Waals surface area contributed by atoms with E-state index in [1.807, 2.05) is 29.5 Å². The summed E-state index contributed by atoms with van der Waals surface area (Å²) in [6.45, 7) is 0. The normalized spacial score (nSPS) is 14.4. The van der Waals surface area contributed by atoms with Gasteiger partial charge in [0.05, 0.1) is 6.20 Å². The van der Waals surface area contributed by atoms with E-state index in [-0.39, 0.29) is 5.56 Å². The van der Waals surface area contributed by atoms with Crippen molar-refractivity contribution in [2.24, 2.45) is 0 Å². The first kappa shape index (κ1) is 23.1. The Morgan fingerprint density at radius 2 is 1.86 bits per heavy atom. The molecule has 0 aliphatic heterocycles. The lowest BCUT2D eigenvalue weighted by Gasteiger charge is -2.26. The first-order chi connectivity index (χ1) is 17.7. The Bertz CT molecular complexity index is 1700. The van der Waals surface area contributed by atoms with Crippen LogP contribution in [0.4, 0.5) is 0 Å². The van der Waals surface area contributed by atoms with Crippen LogP contribution >= 0.6 is 27.3 Å². The Morgan fingerprint density at radius 1 is 0.972 bits per heavy atom. The van der Waals surface area contributed by atoms with E-state index in [0.29, 0.717) is 5.39 Å². The van der Waals surface area contributed by atoms with Crippen molar-refractivity contribution in [3.8, 4) is 0 Å². The topological polar surface area (TPSA) is 45.8 Å². The van der Waals surface area contributed by atoms with Crippen molar-refractivity contribution in [1.29, 1.82) is 0 Å². The van der Waals surface area contributed by atoms with E-state index < -0.39 is 0 Å². The van der Waals surface area contributed by atoms with E-state index in [0.717, 1.165) is 11.8 Å². The Balaban J connectivity index is 0.000000183. The molecule has 0 fully saturated rings. The van der Waals surface area contributed by atoms with Crippen LogP contribution in [0.25, 0.3) is 27.1 Å². The zero-order chi connectivity index (χ0) is 24.5. The van der Waals surface area contributed by atoms with E-state index in [1.165, 1.54) is 62.5 Å². The molecule has 2 aliphatic rings. The van der Waals surface area contributed by atoms with Crippen LogP contribution in [0.3, 0.4) is 0 Å². The molecule has 3 nitrogen and oxygen atoms in total. The molecule has 0 saturated heterocycles. The van der Waals surface area contributed by atoms with Gasteiger partial charge in [-0.05, 0) is 86.8 Å². The number of hydrogen-bond acceptors (Lipinski definition) is 3. The number of benzene rings is 3. The molecule has 1 N–H and O–H groups in total. The summed E-state index contributed by atoms with van der Waals surface area (Å²) in [4.78, 5) is 12.5. The zero-order valence-corrected chi connectivity index (χ0v) is 22.2. The molecule has 2 aliphatic carbocycles. The van der Waals surface area contributed by atoms with Gasteiger partial charge in [-0.2, -0.15) is 5.10 Å². The summed E-state index contributed by atoms with van der Waals surface area (Å²) >= 11 is 5.43. The van der Waals surface area contributed by atoms with Crippen molar-refractivity contribution < 1.29 is 0 Å². The quantitative estimate of drug-likeness (QED) is 0.239. The number of thiophene rings is 1. The SMILES string of the molecule is Brc1csc(Cc2cccc3ccc4c(c23)CCC2=C4C=CCC2)c1.O=c1[nH]ncc2ccccc12. The highest BCUT2D eigenvalue weighted by Gasteiger charge is 2.21. The van der Waals surface area contributed by atoms with Gasteiger partial charge in [-0.1, -0.05) is 66.3 Å². The maximum absolute atomic E-state index is 11.1. The summed E-state index contributed by atoms with van der Waals surface area (Å²) in [5.74, 6) is 0. The van der Waals surface area contributed by atoms with Gasteiger partial charge in [-0.15, -0.1) is 11.3 Å². The van der Waals surface area contributed by atoms with Crippen molar-refractivity contribution in [3.05, 3.63) is 126 Å². The van der Waals surface area contributed by atoms with Gasteiger partial charge in [-0.3, -0.25) is 4.79 Å². The van der Waals surface area contributed by atoms with E-state index in [4.69, 9.17) is 0 Å². The standard InChI is InChI=1S/C23H19BrS.C8H6N2O/c24-18-13-19(25-14-18)12-17-6-3-5-16-9-10-21-20-7-2-1-4-15(20)8-11-22(21)23(16)17;11-8-7-4-2-1-3-6(7)5-9-10-8/h2-3,5-7,9-10,13-14H,1,4,8,11-12H2;1-5H,(H,10,11). The number of halogens is 1. The average molecular weight is 554 g/mol. The molecular formula is C31H25BrN2OS. The number of aryl methyl sites for hydroxylation is 1. The minimum Gasteiger partial charge on any atom is -0.267 e. The van der Waals surface area contributed by atoms with Crippen LogP contribution in [0.1, 0.15) is 40.8 Å². The van der Waals surface area contributed by atoms with E-state index in [2.05, 4.69) is 80.1 Å². The number of fused-ring (bicyclic) bond motifs is 5. The number of allylic oxidation sites excluding steroid dienone is 4. The molecule has 0 unspecified atom stereocenters. The highest BCUT2D eigenvalue weighted by atomic mass is 79.9. The Hall–Kier alpha value is -3.28. The van der Waals surface area contributed by atoms with Crippen LogP contribution in [-0.2, 0) is 12.8 Å². The van der Waals surface area contributed by atoms with Gasteiger partial charge in [0.25, 0.3) is 5.56 Å². The number of hydrogen-bond donors (Lipinski definition) is 1. The molecule has 3 aromatic carbocycles. The fourth-order valence-corrected chi connectivity index (χ4v) is 6.87. The molecule has 2 aromatic heterocycles. The molecule has 0 amide bonds. The lowest BCUT2D eigenvalue weighted by Crippen LogP contribution is -2.08. The third kappa shape index (κ3) is 4.49. The molecule has 36 heavy (non-hydrogen) atoms. The van der Waals surface area contributed by atoms with Crippen molar-refractivity contribution in [2.45, 2.75) is 32.1 Å². The fraction of sp³-hybridized carbons (Fsp3) is 0.161. The minimum atomic E-state index is -0.136. The molecular weight excluding hydrogens is 528 g/mol. The number of nitrogens with one attached hydrogen (secondary N) is 1. The second kappa shape index (κ2) is 10.00. The van der Waals surface area contributed by atoms with E-state index in [1.54, 1.807) is 23.4 Å². The van der Waals surface area contributed by atoms with Gasteiger partial charge in [0.2, 0.25) is 0 Å². The van der Waals surface area contributed by atoms with E-state index >= 15 is 0 Å². The second-order valence-corrected chi connectivity index (χ2v) is 11.2. The predicted molar refractivity (Wildman–Crippen MR) is 155 cm³/mol. The average Bonchev–Trinajstić information content (AvgIpc) is 3.33. The largest absolute Gasteiger partial charge is 0.272 e. The number of rotatable bonds is 2. The molecule has 178 valence electrons. The monoisotopic (exact) mass is 552 g/mol. The lowest BCUT2D eigenvalue weighted by molar-refractivity contribution is 0.830. The molecule has 0 bridgehead atoms. The third-order valence-corrected chi connectivity index (χ3v) is 8.74. The van der Waals surface area contributed by atoms with Crippen molar-refractivity contribution in [3.63, 3.8) is 0 Å². The number of nitrogens with zero attached hydrogens (tertiary/aromatic N) is 1. The predicted octanol–water partition coefficient (Wildman–Crippen LogP) is 8.23. The van der Waals surface area contributed by atoms with Crippen LogP contribution in [0.2, 0.25) is 0 Å². The van der Waals surface area contributed by atoms with Crippen LogP contribution in [-0.4, -0.2) is 10.2 Å². The Morgan fingerprint density at radius 3 is 2.72 bits per heavy atom. The van der Waals surface area contributed by atoms with Gasteiger partial charge < -0.3 is 0 Å². The summed E-state index contributed by atoms with van der Waals surface area (Å²) in [6, 6.07) is 21.1. The fourth-order valence-electron chi connectivity index (χ4n) is 5.39. The zero-order valence-electron chi connectivity index (χ0n) is 19.8. The highest BCUT2D eigenvalue weighted by molar-refractivity contribution is 9.10. The first-order valence-corrected chi connectivity index (χ1v) is 13.9. The maximum atomic E-state index is 11.1. The summed E-state index contributed by atoms with van der Waals surface area (Å²) in [6.07, 6.45) is 12.2. The van der Waals surface area contributed by atoms with Crippen LogP contribution < -0.4 is 5.56 Å². The van der Waals surface area contributed by atoms with Crippen molar-refractivity contribution in [2.75, 3.05) is 0 Å². The summed E-state index contributed by atoms with van der Waals surface area (Å²) in [5, 5.41) is 12.7. The smallest absolute Gasteiger partial charge is 0.267 e. The highest BCUT2D eigenvalue weighted by Crippen LogP contribution is 2.41. The van der Waals surface area contributed by atoms with Crippen molar-refractivity contribution >= 4 is 54.4 Å². The second-order valence-electron chi connectivity index (χ2n) is 9.26. The van der Waals surface area contributed by atoms with Crippen LogP contribution in [0, 0.1) is 0 Å². The molecule has 5 heteroatoms. The maximum Gasteiger partial charge on any atom is 0.272 e. The molecule has 0 radical (unpaired) electrons. The lowest BCUT2D eigenvalue weighted by atomic mass is 9.78. The number of aromatic amines is 1. The van der Waals surface area contributed by atoms with Crippen molar-refractivity contribution in [1.82, 2.24) is 10.2 Å². The molecule has 0 saturated carbocycles.